The first-order valence-electron chi connectivity index (χ1n) is 6.46. The maximum atomic E-state index is 11.9. The summed E-state index contributed by atoms with van der Waals surface area (Å²) in [7, 11) is 0. The number of amides is 2. The molecular formula is C13H16N2O2S. The highest BCUT2D eigenvalue weighted by Crippen LogP contribution is 2.30. The fourth-order valence-electron chi connectivity index (χ4n) is 2.23. The molecule has 1 heterocycles. The van der Waals surface area contributed by atoms with Crippen LogP contribution in [0.4, 0.5) is 0 Å². The van der Waals surface area contributed by atoms with Crippen LogP contribution in [0.2, 0.25) is 0 Å². The second kappa shape index (κ2) is 4.72. The first kappa shape index (κ1) is 11.7. The molecule has 0 atom stereocenters. The van der Waals surface area contributed by atoms with Crippen molar-refractivity contribution in [1.29, 1.82) is 0 Å². The fourth-order valence-corrected chi connectivity index (χ4v) is 3.38. The van der Waals surface area contributed by atoms with Crippen LogP contribution >= 0.6 is 11.3 Å². The third-order valence-electron chi connectivity index (χ3n) is 3.47. The van der Waals surface area contributed by atoms with Crippen molar-refractivity contribution in [2.75, 3.05) is 0 Å². The zero-order chi connectivity index (χ0) is 12.5. The van der Waals surface area contributed by atoms with E-state index in [2.05, 4.69) is 10.9 Å². The minimum absolute atomic E-state index is 0.0651. The molecule has 1 saturated carbocycles. The summed E-state index contributed by atoms with van der Waals surface area (Å²) in [4.78, 5) is 25.3. The monoisotopic (exact) mass is 264 g/mol. The summed E-state index contributed by atoms with van der Waals surface area (Å²) >= 11 is 1.56. The van der Waals surface area contributed by atoms with E-state index in [-0.39, 0.29) is 17.7 Å². The van der Waals surface area contributed by atoms with E-state index in [4.69, 9.17) is 0 Å². The molecule has 0 unspecified atom stereocenters. The minimum atomic E-state index is -0.191. The summed E-state index contributed by atoms with van der Waals surface area (Å²) in [6.45, 7) is 0. The standard InChI is InChI=1S/C13H16N2O2S/c16-12(8-5-6-8)14-15-13(17)11-7-9-3-1-2-4-10(9)18-11/h7-8H,1-6H2,(H,14,16)(H,15,17). The lowest BCUT2D eigenvalue weighted by Crippen LogP contribution is -2.42. The summed E-state index contributed by atoms with van der Waals surface area (Å²) in [5.41, 5.74) is 6.30. The molecule has 0 spiro atoms. The molecule has 18 heavy (non-hydrogen) atoms. The summed E-state index contributed by atoms with van der Waals surface area (Å²) in [6.07, 6.45) is 6.47. The number of hydrazine groups is 1. The van der Waals surface area contributed by atoms with Gasteiger partial charge in [0.2, 0.25) is 5.91 Å². The molecule has 1 aromatic heterocycles. The molecular weight excluding hydrogens is 248 g/mol. The van der Waals surface area contributed by atoms with Gasteiger partial charge in [-0.3, -0.25) is 20.4 Å². The predicted molar refractivity (Wildman–Crippen MR) is 69.3 cm³/mol. The molecule has 2 amide bonds. The van der Waals surface area contributed by atoms with Gasteiger partial charge in [-0.25, -0.2) is 0 Å². The fraction of sp³-hybridized carbons (Fsp3) is 0.538. The molecule has 0 aromatic carbocycles. The van der Waals surface area contributed by atoms with Crippen LogP contribution in [0.5, 0.6) is 0 Å². The zero-order valence-electron chi connectivity index (χ0n) is 10.1. The second-order valence-electron chi connectivity index (χ2n) is 4.98. The van der Waals surface area contributed by atoms with Gasteiger partial charge in [0.25, 0.3) is 5.91 Å². The van der Waals surface area contributed by atoms with Crippen molar-refractivity contribution in [3.05, 3.63) is 21.4 Å². The molecule has 2 N–H and O–H groups in total. The number of carbonyl (C=O) groups is 2. The van der Waals surface area contributed by atoms with E-state index >= 15 is 0 Å². The molecule has 0 radical (unpaired) electrons. The van der Waals surface area contributed by atoms with Crippen LogP contribution in [0.1, 0.15) is 45.8 Å². The quantitative estimate of drug-likeness (QED) is 0.800. The number of hydrogen-bond donors (Lipinski definition) is 2. The lowest BCUT2D eigenvalue weighted by Gasteiger charge is -2.08. The van der Waals surface area contributed by atoms with Crippen molar-refractivity contribution in [2.45, 2.75) is 38.5 Å². The lowest BCUT2D eigenvalue weighted by molar-refractivity contribution is -0.123. The highest BCUT2D eigenvalue weighted by atomic mass is 32.1. The first-order chi connectivity index (χ1) is 8.74. The van der Waals surface area contributed by atoms with E-state index in [0.29, 0.717) is 4.88 Å². The van der Waals surface area contributed by atoms with Crippen molar-refractivity contribution in [3.63, 3.8) is 0 Å². The van der Waals surface area contributed by atoms with Gasteiger partial charge in [-0.05, 0) is 50.2 Å². The van der Waals surface area contributed by atoms with Gasteiger partial charge in [-0.2, -0.15) is 0 Å². The number of hydrogen-bond acceptors (Lipinski definition) is 3. The van der Waals surface area contributed by atoms with E-state index in [1.807, 2.05) is 6.07 Å². The minimum Gasteiger partial charge on any atom is -0.273 e. The van der Waals surface area contributed by atoms with Gasteiger partial charge in [-0.1, -0.05) is 0 Å². The number of aryl methyl sites for hydroxylation is 2. The molecule has 4 nitrogen and oxygen atoms in total. The molecule has 0 bridgehead atoms. The Morgan fingerprint density at radius 1 is 1.17 bits per heavy atom. The highest BCUT2D eigenvalue weighted by molar-refractivity contribution is 7.14. The Morgan fingerprint density at radius 3 is 2.67 bits per heavy atom. The van der Waals surface area contributed by atoms with Crippen molar-refractivity contribution in [1.82, 2.24) is 10.9 Å². The summed E-state index contributed by atoms with van der Waals surface area (Å²) in [6, 6.07) is 1.97. The van der Waals surface area contributed by atoms with E-state index in [9.17, 15) is 9.59 Å². The Morgan fingerprint density at radius 2 is 1.94 bits per heavy atom. The second-order valence-corrected chi connectivity index (χ2v) is 6.12. The van der Waals surface area contributed by atoms with Crippen LogP contribution in [-0.4, -0.2) is 11.8 Å². The largest absolute Gasteiger partial charge is 0.279 e. The summed E-state index contributed by atoms with van der Waals surface area (Å²) in [5, 5.41) is 0. The van der Waals surface area contributed by atoms with Crippen LogP contribution in [0.3, 0.4) is 0 Å². The topological polar surface area (TPSA) is 58.2 Å². The Hall–Kier alpha value is -1.36. The van der Waals surface area contributed by atoms with Crippen molar-refractivity contribution < 1.29 is 9.59 Å². The SMILES string of the molecule is O=C(NNC(=O)C1CC1)c1cc2c(s1)CCCC2. The average Bonchev–Trinajstić information content (AvgIpc) is 3.14. The van der Waals surface area contributed by atoms with Crippen molar-refractivity contribution in [2.24, 2.45) is 5.92 Å². The molecule has 1 aromatic rings. The van der Waals surface area contributed by atoms with E-state index in [1.54, 1.807) is 11.3 Å². The van der Waals surface area contributed by atoms with Gasteiger partial charge >= 0.3 is 0 Å². The Balaban J connectivity index is 1.61. The Labute approximate surface area is 110 Å². The summed E-state index contributed by atoms with van der Waals surface area (Å²) in [5.74, 6) is -0.144. The maximum absolute atomic E-state index is 11.9. The number of fused-ring (bicyclic) bond motifs is 1. The van der Waals surface area contributed by atoms with Gasteiger partial charge in [-0.15, -0.1) is 11.3 Å². The van der Waals surface area contributed by atoms with Crippen LogP contribution in [0.25, 0.3) is 0 Å². The molecule has 5 heteroatoms. The van der Waals surface area contributed by atoms with Crippen LogP contribution in [-0.2, 0) is 17.6 Å². The third kappa shape index (κ3) is 2.41. The molecule has 2 aliphatic carbocycles. The van der Waals surface area contributed by atoms with E-state index < -0.39 is 0 Å². The number of nitrogens with one attached hydrogen (secondary N) is 2. The molecule has 3 rings (SSSR count). The van der Waals surface area contributed by atoms with Crippen LogP contribution in [0, 0.1) is 5.92 Å². The van der Waals surface area contributed by atoms with Gasteiger partial charge < -0.3 is 0 Å². The van der Waals surface area contributed by atoms with Gasteiger partial charge in [0.15, 0.2) is 0 Å². The molecule has 2 aliphatic rings. The highest BCUT2D eigenvalue weighted by Gasteiger charge is 2.30. The molecule has 0 saturated heterocycles. The van der Waals surface area contributed by atoms with Gasteiger partial charge in [0, 0.05) is 10.8 Å². The first-order valence-corrected chi connectivity index (χ1v) is 7.27. The van der Waals surface area contributed by atoms with Crippen molar-refractivity contribution in [3.8, 4) is 0 Å². The molecule has 1 fully saturated rings. The van der Waals surface area contributed by atoms with E-state index in [0.717, 1.165) is 25.7 Å². The predicted octanol–water partition coefficient (Wildman–Crippen LogP) is 1.80. The smallest absolute Gasteiger partial charge is 0.273 e. The van der Waals surface area contributed by atoms with Crippen LogP contribution < -0.4 is 10.9 Å². The lowest BCUT2D eigenvalue weighted by atomic mass is 9.99. The summed E-state index contributed by atoms with van der Waals surface area (Å²) < 4.78 is 0. The Bertz CT molecular complexity index is 468. The number of thiophene rings is 1. The Kier molecular flexibility index (Phi) is 3.07. The number of rotatable bonds is 2. The van der Waals surface area contributed by atoms with Gasteiger partial charge in [0.1, 0.15) is 0 Å². The average molecular weight is 264 g/mol. The normalized spacial score (nSPS) is 18.0. The number of carbonyl (C=O) groups excluding carboxylic acids is 2. The third-order valence-corrected chi connectivity index (χ3v) is 4.70. The maximum Gasteiger partial charge on any atom is 0.279 e. The molecule has 0 aliphatic heterocycles. The van der Waals surface area contributed by atoms with Crippen molar-refractivity contribution >= 4 is 23.2 Å². The van der Waals surface area contributed by atoms with Gasteiger partial charge in [0.05, 0.1) is 4.88 Å². The van der Waals surface area contributed by atoms with E-state index in [1.165, 1.54) is 23.3 Å². The van der Waals surface area contributed by atoms with Crippen LogP contribution in [0.15, 0.2) is 6.07 Å². The molecule has 96 valence electrons. The zero-order valence-corrected chi connectivity index (χ0v) is 10.9.